The van der Waals surface area contributed by atoms with Gasteiger partial charge in [0.2, 0.25) is 0 Å². The largest absolute Gasteiger partial charge is 0.387 e. The van der Waals surface area contributed by atoms with Gasteiger partial charge in [-0.05, 0) is 45.6 Å². The highest BCUT2D eigenvalue weighted by Gasteiger charge is 2.18. The molecule has 0 aromatic heterocycles. The molecule has 2 nitrogen and oxygen atoms in total. The van der Waals surface area contributed by atoms with Crippen LogP contribution in [0, 0.1) is 5.82 Å². The fraction of sp³-hybridized carbons (Fsp3) is 0.200. The van der Waals surface area contributed by atoms with Gasteiger partial charge < -0.3 is 10.8 Å². The fourth-order valence-corrected chi connectivity index (χ4v) is 2.19. The maximum Gasteiger partial charge on any atom is 0.137 e. The van der Waals surface area contributed by atoms with Gasteiger partial charge in [-0.3, -0.25) is 0 Å². The molecule has 0 spiro atoms. The topological polar surface area (TPSA) is 46.2 Å². The van der Waals surface area contributed by atoms with E-state index >= 15 is 0 Å². The van der Waals surface area contributed by atoms with Gasteiger partial charge in [0.1, 0.15) is 5.82 Å². The summed E-state index contributed by atoms with van der Waals surface area (Å²) in [5.41, 5.74) is 7.52. The van der Waals surface area contributed by atoms with E-state index in [0.717, 1.165) is 5.56 Å². The minimum Gasteiger partial charge on any atom is -0.387 e. The Morgan fingerprint density at radius 2 is 1.84 bits per heavy atom. The second kappa shape index (κ2) is 6.28. The summed E-state index contributed by atoms with van der Waals surface area (Å²) >= 11 is 3.08. The minimum absolute atomic E-state index is 0.375. The van der Waals surface area contributed by atoms with E-state index < -0.39 is 18.0 Å². The zero-order valence-electron chi connectivity index (χ0n) is 10.3. The molecule has 0 radical (unpaired) electrons. The standard InChI is InChI=1S/C15H15BrFNO/c16-12-7-6-11(9-13(12)17)15(19)14(18)8-10-4-2-1-3-5-10/h1-7,9,14-15,19H,8,18H2. The van der Waals surface area contributed by atoms with Crippen molar-refractivity contribution < 1.29 is 9.50 Å². The van der Waals surface area contributed by atoms with Gasteiger partial charge in [0, 0.05) is 6.04 Å². The molecule has 0 aliphatic carbocycles. The van der Waals surface area contributed by atoms with Crippen molar-refractivity contribution in [3.63, 3.8) is 0 Å². The van der Waals surface area contributed by atoms with Crippen LogP contribution in [0.1, 0.15) is 17.2 Å². The Labute approximate surface area is 120 Å². The number of hydrogen-bond acceptors (Lipinski definition) is 2. The van der Waals surface area contributed by atoms with Crippen molar-refractivity contribution in [2.45, 2.75) is 18.6 Å². The Balaban J connectivity index is 2.10. The quantitative estimate of drug-likeness (QED) is 0.907. The summed E-state index contributed by atoms with van der Waals surface area (Å²) in [4.78, 5) is 0. The summed E-state index contributed by atoms with van der Waals surface area (Å²) in [6.45, 7) is 0. The van der Waals surface area contributed by atoms with E-state index in [9.17, 15) is 9.50 Å². The first kappa shape index (κ1) is 14.2. The number of hydrogen-bond donors (Lipinski definition) is 2. The summed E-state index contributed by atoms with van der Waals surface area (Å²) in [5, 5.41) is 10.2. The Kier molecular flexibility index (Phi) is 4.69. The number of rotatable bonds is 4. The predicted octanol–water partition coefficient (Wildman–Crippen LogP) is 3.19. The fourth-order valence-electron chi connectivity index (χ4n) is 1.94. The van der Waals surface area contributed by atoms with Crippen molar-refractivity contribution in [1.82, 2.24) is 0 Å². The van der Waals surface area contributed by atoms with Crippen molar-refractivity contribution >= 4 is 15.9 Å². The predicted molar refractivity (Wildman–Crippen MR) is 77.2 cm³/mol. The van der Waals surface area contributed by atoms with Crippen molar-refractivity contribution in [2.75, 3.05) is 0 Å². The molecular weight excluding hydrogens is 309 g/mol. The van der Waals surface area contributed by atoms with Crippen LogP contribution >= 0.6 is 15.9 Å². The number of nitrogens with two attached hydrogens (primary N) is 1. The van der Waals surface area contributed by atoms with Crippen molar-refractivity contribution in [2.24, 2.45) is 5.73 Å². The minimum atomic E-state index is -0.886. The number of aliphatic hydroxyl groups is 1. The third-order valence-electron chi connectivity index (χ3n) is 3.00. The van der Waals surface area contributed by atoms with Crippen molar-refractivity contribution in [3.05, 3.63) is 69.9 Å². The Morgan fingerprint density at radius 3 is 2.47 bits per heavy atom. The van der Waals surface area contributed by atoms with Gasteiger partial charge in [-0.2, -0.15) is 0 Å². The van der Waals surface area contributed by atoms with Gasteiger partial charge >= 0.3 is 0 Å². The second-order valence-corrected chi connectivity index (χ2v) is 5.33. The van der Waals surface area contributed by atoms with Crippen LogP contribution < -0.4 is 5.73 Å². The molecule has 2 unspecified atom stereocenters. The summed E-state index contributed by atoms with van der Waals surface area (Å²) in [6, 6.07) is 13.8. The zero-order valence-corrected chi connectivity index (χ0v) is 11.8. The van der Waals surface area contributed by atoms with Crippen LogP contribution in [0.5, 0.6) is 0 Å². The van der Waals surface area contributed by atoms with E-state index in [-0.39, 0.29) is 0 Å². The maximum atomic E-state index is 13.4. The lowest BCUT2D eigenvalue weighted by Crippen LogP contribution is -2.30. The van der Waals surface area contributed by atoms with Gasteiger partial charge in [-0.1, -0.05) is 36.4 Å². The lowest BCUT2D eigenvalue weighted by Gasteiger charge is -2.19. The van der Waals surface area contributed by atoms with Gasteiger partial charge in [0.05, 0.1) is 10.6 Å². The van der Waals surface area contributed by atoms with E-state index in [0.29, 0.717) is 16.5 Å². The van der Waals surface area contributed by atoms with Crippen LogP contribution in [0.2, 0.25) is 0 Å². The monoisotopic (exact) mass is 323 g/mol. The summed E-state index contributed by atoms with van der Waals surface area (Å²) in [7, 11) is 0. The average molecular weight is 324 g/mol. The van der Waals surface area contributed by atoms with Gasteiger partial charge in [-0.25, -0.2) is 4.39 Å². The highest BCUT2D eigenvalue weighted by Crippen LogP contribution is 2.23. The van der Waals surface area contributed by atoms with E-state index in [4.69, 9.17) is 5.73 Å². The normalized spacial score (nSPS) is 14.1. The highest BCUT2D eigenvalue weighted by atomic mass is 79.9. The molecule has 0 fully saturated rings. The van der Waals surface area contributed by atoms with Crippen LogP contribution in [-0.4, -0.2) is 11.1 Å². The second-order valence-electron chi connectivity index (χ2n) is 4.47. The lowest BCUT2D eigenvalue weighted by molar-refractivity contribution is 0.145. The summed E-state index contributed by atoms with van der Waals surface area (Å²) in [5.74, 6) is -0.400. The van der Waals surface area contributed by atoms with Gasteiger partial charge in [0.15, 0.2) is 0 Å². The zero-order chi connectivity index (χ0) is 13.8. The Hall–Kier alpha value is -1.23. The van der Waals surface area contributed by atoms with Crippen molar-refractivity contribution in [1.29, 1.82) is 0 Å². The molecule has 2 aromatic carbocycles. The molecule has 0 amide bonds. The van der Waals surface area contributed by atoms with E-state index in [1.165, 1.54) is 6.07 Å². The van der Waals surface area contributed by atoms with Crippen molar-refractivity contribution in [3.8, 4) is 0 Å². The van der Waals surface area contributed by atoms with Gasteiger partial charge in [0.25, 0.3) is 0 Å². The molecule has 0 bridgehead atoms. The van der Waals surface area contributed by atoms with E-state index in [1.54, 1.807) is 12.1 Å². The molecule has 2 atom stereocenters. The molecular formula is C15H15BrFNO. The molecule has 0 saturated carbocycles. The molecule has 100 valence electrons. The van der Waals surface area contributed by atoms with Crippen LogP contribution in [0.15, 0.2) is 53.0 Å². The maximum absolute atomic E-state index is 13.4. The third kappa shape index (κ3) is 3.62. The third-order valence-corrected chi connectivity index (χ3v) is 3.65. The van der Waals surface area contributed by atoms with E-state index in [2.05, 4.69) is 15.9 Å². The summed E-state index contributed by atoms with van der Waals surface area (Å²) in [6.07, 6.45) is -0.345. The van der Waals surface area contributed by atoms with Crippen LogP contribution in [0.4, 0.5) is 4.39 Å². The SMILES string of the molecule is NC(Cc1ccccc1)C(O)c1ccc(Br)c(F)c1. The lowest BCUT2D eigenvalue weighted by atomic mass is 9.97. The average Bonchev–Trinajstić information content (AvgIpc) is 2.42. The molecule has 0 saturated heterocycles. The first-order valence-electron chi connectivity index (χ1n) is 6.00. The smallest absolute Gasteiger partial charge is 0.137 e. The molecule has 0 heterocycles. The number of benzene rings is 2. The molecule has 4 heteroatoms. The number of aliphatic hydroxyl groups excluding tert-OH is 1. The van der Waals surface area contributed by atoms with Gasteiger partial charge in [-0.15, -0.1) is 0 Å². The van der Waals surface area contributed by atoms with Crippen LogP contribution in [0.25, 0.3) is 0 Å². The van der Waals surface area contributed by atoms with E-state index in [1.807, 2.05) is 30.3 Å². The Bertz CT molecular complexity index is 547. The first-order chi connectivity index (χ1) is 9.08. The number of halogens is 2. The highest BCUT2D eigenvalue weighted by molar-refractivity contribution is 9.10. The molecule has 0 aliphatic rings. The molecule has 2 rings (SSSR count). The first-order valence-corrected chi connectivity index (χ1v) is 6.80. The molecule has 3 N–H and O–H groups in total. The molecule has 0 aliphatic heterocycles. The molecule has 19 heavy (non-hydrogen) atoms. The Morgan fingerprint density at radius 1 is 1.16 bits per heavy atom. The summed E-state index contributed by atoms with van der Waals surface area (Å²) < 4.78 is 13.8. The molecule has 2 aromatic rings. The van der Waals surface area contributed by atoms with Crippen LogP contribution in [-0.2, 0) is 6.42 Å². The van der Waals surface area contributed by atoms with Crippen LogP contribution in [0.3, 0.4) is 0 Å².